The van der Waals surface area contributed by atoms with Crippen molar-refractivity contribution in [3.63, 3.8) is 0 Å². The van der Waals surface area contributed by atoms with Crippen LogP contribution in [0.1, 0.15) is 29.7 Å². The van der Waals surface area contributed by atoms with E-state index in [-0.39, 0.29) is 6.61 Å². The summed E-state index contributed by atoms with van der Waals surface area (Å²) in [5, 5.41) is 9.82. The van der Waals surface area contributed by atoms with Gasteiger partial charge in [0.15, 0.2) is 0 Å². The lowest BCUT2D eigenvalue weighted by molar-refractivity contribution is 0.253. The number of hydrogen-bond acceptors (Lipinski definition) is 2. The molecule has 2 aromatic rings. The second-order valence-corrected chi connectivity index (χ2v) is 5.55. The summed E-state index contributed by atoms with van der Waals surface area (Å²) in [5.74, 6) is 0. The highest BCUT2D eigenvalue weighted by Crippen LogP contribution is 2.22. The molecule has 0 aromatic heterocycles. The van der Waals surface area contributed by atoms with Gasteiger partial charge in [0.1, 0.15) is 0 Å². The van der Waals surface area contributed by atoms with Crippen LogP contribution >= 0.6 is 11.6 Å². The minimum absolute atomic E-state index is 0.0945. The fraction of sp³-hybridized carbons (Fsp3) is 0.294. The molecule has 1 atom stereocenters. The first kappa shape index (κ1) is 15.0. The van der Waals surface area contributed by atoms with E-state index in [1.165, 1.54) is 11.1 Å². The normalized spacial score (nSPS) is 12.7. The highest BCUT2D eigenvalue weighted by molar-refractivity contribution is 6.30. The third-order valence-electron chi connectivity index (χ3n) is 3.65. The van der Waals surface area contributed by atoms with Crippen LogP contribution in [0.4, 0.5) is 0 Å². The van der Waals surface area contributed by atoms with E-state index >= 15 is 0 Å². The molecule has 0 amide bonds. The van der Waals surface area contributed by atoms with Gasteiger partial charge in [0.2, 0.25) is 0 Å². The van der Waals surface area contributed by atoms with Gasteiger partial charge in [-0.15, -0.1) is 0 Å². The monoisotopic (exact) mass is 289 g/mol. The fourth-order valence-electron chi connectivity index (χ4n) is 2.17. The molecule has 1 unspecified atom stereocenters. The van der Waals surface area contributed by atoms with Crippen molar-refractivity contribution in [2.45, 2.75) is 26.1 Å². The summed E-state index contributed by atoms with van der Waals surface area (Å²) >= 11 is 5.92. The molecule has 2 rings (SSSR count). The standard InChI is InChI=1S/C17H20ClNO/c1-13(16-7-9-17(18)10-8-16)19(2)11-14-3-5-15(12-20)6-4-14/h3-10,13,20H,11-12H2,1-2H3. The number of aliphatic hydroxyl groups is 1. The Hall–Kier alpha value is -1.35. The summed E-state index contributed by atoms with van der Waals surface area (Å²) in [6.45, 7) is 3.15. The number of rotatable bonds is 5. The van der Waals surface area contributed by atoms with Gasteiger partial charge in [-0.3, -0.25) is 4.90 Å². The van der Waals surface area contributed by atoms with E-state index in [9.17, 15) is 0 Å². The smallest absolute Gasteiger partial charge is 0.0681 e. The zero-order chi connectivity index (χ0) is 14.5. The molecule has 0 radical (unpaired) electrons. The van der Waals surface area contributed by atoms with E-state index in [4.69, 9.17) is 16.7 Å². The van der Waals surface area contributed by atoms with Gasteiger partial charge in [-0.1, -0.05) is 48.0 Å². The van der Waals surface area contributed by atoms with Crippen LogP contribution in [0.15, 0.2) is 48.5 Å². The Morgan fingerprint density at radius 3 is 2.10 bits per heavy atom. The third-order valence-corrected chi connectivity index (χ3v) is 3.90. The lowest BCUT2D eigenvalue weighted by Gasteiger charge is -2.25. The number of halogens is 1. The predicted octanol–water partition coefficient (Wildman–Crippen LogP) is 4.03. The average Bonchev–Trinajstić information content (AvgIpc) is 2.48. The Bertz CT molecular complexity index is 536. The SMILES string of the molecule is CC(c1ccc(Cl)cc1)N(C)Cc1ccc(CO)cc1. The van der Waals surface area contributed by atoms with Crippen LogP contribution in [-0.2, 0) is 13.2 Å². The van der Waals surface area contributed by atoms with E-state index in [2.05, 4.69) is 43.1 Å². The molecule has 0 saturated carbocycles. The van der Waals surface area contributed by atoms with Gasteiger partial charge in [-0.05, 0) is 42.8 Å². The summed E-state index contributed by atoms with van der Waals surface area (Å²) in [7, 11) is 2.11. The molecule has 1 N–H and O–H groups in total. The van der Waals surface area contributed by atoms with Crippen molar-refractivity contribution in [2.24, 2.45) is 0 Å². The summed E-state index contributed by atoms with van der Waals surface area (Å²) in [6, 6.07) is 16.4. The molecule has 2 aromatic carbocycles. The quantitative estimate of drug-likeness (QED) is 0.898. The maximum absolute atomic E-state index is 9.05. The Morgan fingerprint density at radius 2 is 1.55 bits per heavy atom. The van der Waals surface area contributed by atoms with E-state index < -0.39 is 0 Å². The van der Waals surface area contributed by atoms with E-state index in [0.717, 1.165) is 17.1 Å². The van der Waals surface area contributed by atoms with Crippen molar-refractivity contribution in [3.8, 4) is 0 Å². The molecule has 20 heavy (non-hydrogen) atoms. The molecule has 0 saturated heterocycles. The Morgan fingerprint density at radius 1 is 1.00 bits per heavy atom. The van der Waals surface area contributed by atoms with Crippen molar-refractivity contribution in [3.05, 3.63) is 70.2 Å². The van der Waals surface area contributed by atoms with Crippen molar-refractivity contribution in [2.75, 3.05) is 7.05 Å². The molecule has 106 valence electrons. The van der Waals surface area contributed by atoms with Gasteiger partial charge in [0.05, 0.1) is 6.61 Å². The molecular weight excluding hydrogens is 270 g/mol. The Balaban J connectivity index is 2.02. The van der Waals surface area contributed by atoms with Gasteiger partial charge in [-0.25, -0.2) is 0 Å². The van der Waals surface area contributed by atoms with Gasteiger partial charge >= 0.3 is 0 Å². The van der Waals surface area contributed by atoms with Crippen LogP contribution in [0.5, 0.6) is 0 Å². The van der Waals surface area contributed by atoms with Crippen molar-refractivity contribution in [1.29, 1.82) is 0 Å². The molecule has 0 aliphatic heterocycles. The van der Waals surface area contributed by atoms with Crippen LogP contribution in [-0.4, -0.2) is 17.1 Å². The van der Waals surface area contributed by atoms with Crippen molar-refractivity contribution >= 4 is 11.6 Å². The molecule has 0 fully saturated rings. The van der Waals surface area contributed by atoms with Crippen LogP contribution in [0.25, 0.3) is 0 Å². The predicted molar refractivity (Wildman–Crippen MR) is 83.7 cm³/mol. The Kier molecular flexibility index (Phi) is 5.18. The minimum Gasteiger partial charge on any atom is -0.392 e. The molecule has 0 bridgehead atoms. The zero-order valence-corrected chi connectivity index (χ0v) is 12.6. The highest BCUT2D eigenvalue weighted by atomic mass is 35.5. The molecule has 0 spiro atoms. The third kappa shape index (κ3) is 3.83. The maximum Gasteiger partial charge on any atom is 0.0681 e. The number of benzene rings is 2. The molecular formula is C17H20ClNO. The maximum atomic E-state index is 9.05. The zero-order valence-electron chi connectivity index (χ0n) is 11.9. The second-order valence-electron chi connectivity index (χ2n) is 5.12. The second kappa shape index (κ2) is 6.89. The Labute approximate surface area is 125 Å². The van der Waals surface area contributed by atoms with E-state index in [1.807, 2.05) is 24.3 Å². The average molecular weight is 290 g/mol. The molecule has 3 heteroatoms. The van der Waals surface area contributed by atoms with Gasteiger partial charge in [0, 0.05) is 17.6 Å². The number of aliphatic hydroxyl groups excluding tert-OH is 1. The van der Waals surface area contributed by atoms with Gasteiger partial charge < -0.3 is 5.11 Å². The van der Waals surface area contributed by atoms with Crippen molar-refractivity contribution < 1.29 is 5.11 Å². The first-order chi connectivity index (χ1) is 9.60. The topological polar surface area (TPSA) is 23.5 Å². The van der Waals surface area contributed by atoms with Crippen LogP contribution in [0.3, 0.4) is 0 Å². The van der Waals surface area contributed by atoms with E-state index in [1.54, 1.807) is 0 Å². The van der Waals surface area contributed by atoms with Gasteiger partial charge in [0.25, 0.3) is 0 Å². The lowest BCUT2D eigenvalue weighted by atomic mass is 10.1. The highest BCUT2D eigenvalue weighted by Gasteiger charge is 2.11. The van der Waals surface area contributed by atoms with E-state index in [0.29, 0.717) is 6.04 Å². The fourth-order valence-corrected chi connectivity index (χ4v) is 2.30. The summed E-state index contributed by atoms with van der Waals surface area (Å²) in [5.41, 5.74) is 3.44. The van der Waals surface area contributed by atoms with Gasteiger partial charge in [-0.2, -0.15) is 0 Å². The minimum atomic E-state index is 0.0945. The number of nitrogens with zero attached hydrogens (tertiary/aromatic N) is 1. The van der Waals surface area contributed by atoms with Crippen LogP contribution in [0.2, 0.25) is 5.02 Å². The molecule has 0 aliphatic rings. The number of hydrogen-bond donors (Lipinski definition) is 1. The largest absolute Gasteiger partial charge is 0.392 e. The first-order valence-electron chi connectivity index (χ1n) is 6.74. The van der Waals surface area contributed by atoms with Crippen molar-refractivity contribution in [1.82, 2.24) is 4.90 Å². The van der Waals surface area contributed by atoms with Crippen LogP contribution < -0.4 is 0 Å². The molecule has 2 nitrogen and oxygen atoms in total. The summed E-state index contributed by atoms with van der Waals surface area (Å²) < 4.78 is 0. The molecule has 0 aliphatic carbocycles. The van der Waals surface area contributed by atoms with Crippen LogP contribution in [0, 0.1) is 0 Å². The first-order valence-corrected chi connectivity index (χ1v) is 7.12. The lowest BCUT2D eigenvalue weighted by Crippen LogP contribution is -2.21. The summed E-state index contributed by atoms with van der Waals surface area (Å²) in [4.78, 5) is 2.29. The summed E-state index contributed by atoms with van der Waals surface area (Å²) in [6.07, 6.45) is 0. The molecule has 0 heterocycles.